The maximum absolute atomic E-state index is 12.7. The second-order valence-electron chi connectivity index (χ2n) is 8.43. The zero-order chi connectivity index (χ0) is 26.4. The van der Waals surface area contributed by atoms with Crippen LogP contribution in [-0.2, 0) is 11.3 Å². The van der Waals surface area contributed by atoms with E-state index in [2.05, 4.69) is 32.4 Å². The van der Waals surface area contributed by atoms with Gasteiger partial charge in [-0.1, -0.05) is 65.9 Å². The SMILES string of the molecule is C=CCn1c(SCC(=O)Nc2nc(-c3ccccc3)c(C)s2)nnc1[C@@H](C)NC(=O)c1ccc(C)cc1. The summed E-state index contributed by atoms with van der Waals surface area (Å²) in [7, 11) is 0. The number of allylic oxidation sites excluding steroid dienone is 1. The van der Waals surface area contributed by atoms with Crippen LogP contribution in [0.2, 0.25) is 0 Å². The van der Waals surface area contributed by atoms with Crippen LogP contribution in [0.4, 0.5) is 5.13 Å². The van der Waals surface area contributed by atoms with E-state index in [0.717, 1.165) is 21.7 Å². The van der Waals surface area contributed by atoms with Gasteiger partial charge < -0.3 is 15.2 Å². The van der Waals surface area contributed by atoms with Gasteiger partial charge >= 0.3 is 0 Å². The number of hydrogen-bond donors (Lipinski definition) is 2. The molecule has 2 N–H and O–H groups in total. The van der Waals surface area contributed by atoms with Crippen molar-refractivity contribution in [1.29, 1.82) is 0 Å². The second kappa shape index (κ2) is 12.0. The summed E-state index contributed by atoms with van der Waals surface area (Å²) in [6.07, 6.45) is 1.73. The van der Waals surface area contributed by atoms with Crippen LogP contribution in [0.1, 0.15) is 39.6 Å². The van der Waals surface area contributed by atoms with Crippen molar-refractivity contribution in [1.82, 2.24) is 25.1 Å². The van der Waals surface area contributed by atoms with Gasteiger partial charge in [0, 0.05) is 22.5 Å². The third-order valence-electron chi connectivity index (χ3n) is 5.53. The molecule has 0 aliphatic carbocycles. The van der Waals surface area contributed by atoms with Crippen molar-refractivity contribution in [3.63, 3.8) is 0 Å². The molecule has 2 aromatic heterocycles. The highest BCUT2D eigenvalue weighted by molar-refractivity contribution is 7.99. The summed E-state index contributed by atoms with van der Waals surface area (Å²) >= 11 is 2.71. The van der Waals surface area contributed by atoms with Gasteiger partial charge in [0.1, 0.15) is 0 Å². The molecule has 2 amide bonds. The van der Waals surface area contributed by atoms with E-state index < -0.39 is 0 Å². The highest BCUT2D eigenvalue weighted by Gasteiger charge is 2.21. The zero-order valence-corrected chi connectivity index (χ0v) is 22.5. The van der Waals surface area contributed by atoms with Gasteiger partial charge in [-0.3, -0.25) is 9.59 Å². The molecule has 0 saturated heterocycles. The summed E-state index contributed by atoms with van der Waals surface area (Å²) < 4.78 is 1.85. The fourth-order valence-corrected chi connectivity index (χ4v) is 5.28. The summed E-state index contributed by atoms with van der Waals surface area (Å²) in [5.41, 5.74) is 3.54. The number of amides is 2. The first-order valence-corrected chi connectivity index (χ1v) is 13.5. The molecule has 4 rings (SSSR count). The van der Waals surface area contributed by atoms with Crippen molar-refractivity contribution in [3.05, 3.63) is 89.1 Å². The first-order chi connectivity index (χ1) is 17.9. The number of benzene rings is 2. The van der Waals surface area contributed by atoms with E-state index in [1.165, 1.54) is 23.1 Å². The molecule has 0 fully saturated rings. The van der Waals surface area contributed by atoms with Gasteiger partial charge in [0.15, 0.2) is 16.1 Å². The smallest absolute Gasteiger partial charge is 0.251 e. The molecule has 4 aromatic rings. The third-order valence-corrected chi connectivity index (χ3v) is 7.38. The summed E-state index contributed by atoms with van der Waals surface area (Å²) in [6.45, 7) is 10.1. The van der Waals surface area contributed by atoms with Gasteiger partial charge in [-0.15, -0.1) is 28.1 Å². The first kappa shape index (κ1) is 26.3. The molecule has 0 aliphatic heterocycles. The standard InChI is InChI=1S/C27H28N6O2S2/c1-5-15-33-24(18(3)28-25(35)21-13-11-17(2)12-14-21)31-32-27(33)36-16-22(34)29-26-30-23(19(4)37-26)20-9-7-6-8-10-20/h5-14,18H,1,15-16H2,2-4H3,(H,28,35)(H,29,30,34)/t18-/m1/s1. The average molecular weight is 533 g/mol. The number of anilines is 1. The van der Waals surface area contributed by atoms with Crippen LogP contribution in [0, 0.1) is 13.8 Å². The van der Waals surface area contributed by atoms with Gasteiger partial charge in [0.2, 0.25) is 5.91 Å². The van der Waals surface area contributed by atoms with E-state index in [1.54, 1.807) is 18.2 Å². The summed E-state index contributed by atoms with van der Waals surface area (Å²) in [6, 6.07) is 16.9. The molecule has 0 bridgehead atoms. The Morgan fingerprint density at radius 1 is 1.11 bits per heavy atom. The Labute approximate surface area is 224 Å². The molecule has 1 atom stereocenters. The average Bonchev–Trinajstić information content (AvgIpc) is 3.46. The largest absolute Gasteiger partial charge is 0.342 e. The first-order valence-electron chi connectivity index (χ1n) is 11.7. The molecule has 10 heteroatoms. The number of carbonyl (C=O) groups excluding carboxylic acids is 2. The topological polar surface area (TPSA) is 102 Å². The molecule has 2 aromatic carbocycles. The summed E-state index contributed by atoms with van der Waals surface area (Å²) in [4.78, 5) is 31.0. The van der Waals surface area contributed by atoms with Gasteiger partial charge in [-0.05, 0) is 32.9 Å². The van der Waals surface area contributed by atoms with Gasteiger partial charge in [-0.2, -0.15) is 0 Å². The van der Waals surface area contributed by atoms with Crippen molar-refractivity contribution in [2.45, 2.75) is 38.5 Å². The number of thioether (sulfide) groups is 1. The lowest BCUT2D eigenvalue weighted by Crippen LogP contribution is -2.28. The van der Waals surface area contributed by atoms with Crippen molar-refractivity contribution in [3.8, 4) is 11.3 Å². The number of hydrogen-bond acceptors (Lipinski definition) is 7. The van der Waals surface area contributed by atoms with Crippen molar-refractivity contribution >= 4 is 40.0 Å². The van der Waals surface area contributed by atoms with Crippen molar-refractivity contribution in [2.75, 3.05) is 11.1 Å². The summed E-state index contributed by atoms with van der Waals surface area (Å²) in [5, 5.41) is 15.5. The Bertz CT molecular complexity index is 1400. The fourth-order valence-electron chi connectivity index (χ4n) is 3.68. The second-order valence-corrected chi connectivity index (χ2v) is 10.6. The fraction of sp³-hybridized carbons (Fsp3) is 0.222. The van der Waals surface area contributed by atoms with Gasteiger partial charge in [0.25, 0.3) is 5.91 Å². The molecule has 0 aliphatic rings. The molecular weight excluding hydrogens is 504 g/mol. The number of thiazole rings is 1. The van der Waals surface area contributed by atoms with Gasteiger partial charge in [-0.25, -0.2) is 4.98 Å². The Balaban J connectivity index is 1.39. The normalized spacial score (nSPS) is 11.6. The molecule has 37 heavy (non-hydrogen) atoms. The predicted octanol–water partition coefficient (Wildman–Crippen LogP) is 5.43. The van der Waals surface area contributed by atoms with E-state index >= 15 is 0 Å². The third kappa shape index (κ3) is 6.52. The van der Waals surface area contributed by atoms with E-state index in [4.69, 9.17) is 0 Å². The molecular formula is C27H28N6O2S2. The maximum Gasteiger partial charge on any atom is 0.251 e. The Morgan fingerprint density at radius 3 is 2.54 bits per heavy atom. The molecule has 0 unspecified atom stereocenters. The lowest BCUT2D eigenvalue weighted by atomic mass is 10.1. The van der Waals surface area contributed by atoms with E-state index in [9.17, 15) is 9.59 Å². The minimum absolute atomic E-state index is 0.138. The van der Waals surface area contributed by atoms with Crippen LogP contribution >= 0.6 is 23.1 Å². The maximum atomic E-state index is 12.7. The van der Waals surface area contributed by atoms with Crippen LogP contribution in [-0.4, -0.2) is 37.3 Å². The number of nitrogens with one attached hydrogen (secondary N) is 2. The molecule has 0 spiro atoms. The number of aryl methyl sites for hydroxylation is 2. The monoisotopic (exact) mass is 532 g/mol. The molecule has 2 heterocycles. The van der Waals surface area contributed by atoms with Gasteiger partial charge in [0.05, 0.1) is 17.5 Å². The van der Waals surface area contributed by atoms with Crippen molar-refractivity contribution in [2.24, 2.45) is 0 Å². The van der Waals surface area contributed by atoms with Crippen LogP contribution in [0.5, 0.6) is 0 Å². The number of carbonyl (C=O) groups is 2. The lowest BCUT2D eigenvalue weighted by Gasteiger charge is -2.15. The van der Waals surface area contributed by atoms with Crippen LogP contribution < -0.4 is 10.6 Å². The quantitative estimate of drug-likeness (QED) is 0.209. The van der Waals surface area contributed by atoms with Crippen LogP contribution in [0.25, 0.3) is 11.3 Å². The predicted molar refractivity (Wildman–Crippen MR) is 149 cm³/mol. The Morgan fingerprint density at radius 2 is 1.84 bits per heavy atom. The van der Waals surface area contributed by atoms with E-state index in [0.29, 0.717) is 28.2 Å². The highest BCUT2D eigenvalue weighted by atomic mass is 32.2. The number of aromatic nitrogens is 4. The number of nitrogens with zero attached hydrogens (tertiary/aromatic N) is 4. The molecule has 8 nitrogen and oxygen atoms in total. The minimum Gasteiger partial charge on any atom is -0.342 e. The highest BCUT2D eigenvalue weighted by Crippen LogP contribution is 2.30. The lowest BCUT2D eigenvalue weighted by molar-refractivity contribution is -0.113. The molecule has 190 valence electrons. The van der Waals surface area contributed by atoms with Crippen molar-refractivity contribution < 1.29 is 9.59 Å². The van der Waals surface area contributed by atoms with Crippen LogP contribution in [0.3, 0.4) is 0 Å². The van der Waals surface area contributed by atoms with E-state index in [1.807, 2.05) is 67.8 Å². The zero-order valence-electron chi connectivity index (χ0n) is 20.9. The number of rotatable bonds is 10. The van der Waals surface area contributed by atoms with E-state index in [-0.39, 0.29) is 23.6 Å². The summed E-state index contributed by atoms with van der Waals surface area (Å²) in [5.74, 6) is 0.349. The molecule has 0 radical (unpaired) electrons. The van der Waals surface area contributed by atoms with Crippen LogP contribution in [0.15, 0.2) is 72.4 Å². The minimum atomic E-state index is -0.390. The Kier molecular flexibility index (Phi) is 8.52. The molecule has 0 saturated carbocycles. The Hall–Kier alpha value is -3.76.